The Hall–Kier alpha value is -0.233. The third kappa shape index (κ3) is 2.13. The number of hydrogen-bond acceptors (Lipinski definition) is 4. The van der Waals surface area contributed by atoms with Crippen LogP contribution in [0.25, 0.3) is 0 Å². The number of rotatable bonds is 2. The Bertz CT molecular complexity index is 626. The lowest BCUT2D eigenvalue weighted by Gasteiger charge is -2.55. The van der Waals surface area contributed by atoms with E-state index in [0.717, 1.165) is 32.1 Å². The predicted octanol–water partition coefficient (Wildman–Crippen LogP) is 3.83. The summed E-state index contributed by atoms with van der Waals surface area (Å²) in [6.45, 7) is 11.7. The zero-order valence-electron chi connectivity index (χ0n) is 16.3. The zero-order valence-corrected chi connectivity index (χ0v) is 17.3. The van der Waals surface area contributed by atoms with Gasteiger partial charge in [0, 0.05) is 11.8 Å². The van der Waals surface area contributed by atoms with Gasteiger partial charge in [0.05, 0.1) is 18.3 Å². The number of ketones is 1. The first kappa shape index (κ1) is 16.9. The molecule has 3 aliphatic carbocycles. The molecule has 2 saturated heterocycles. The highest BCUT2D eigenvalue weighted by Gasteiger charge is 2.79. The maximum Gasteiger partial charge on any atom is 0.192 e. The Balaban J connectivity index is 1.56. The van der Waals surface area contributed by atoms with Crippen LogP contribution in [0.3, 0.4) is 0 Å². The summed E-state index contributed by atoms with van der Waals surface area (Å²) in [5.74, 6) is 0.892. The van der Waals surface area contributed by atoms with E-state index in [-0.39, 0.29) is 28.3 Å². The molecule has 2 heterocycles. The van der Waals surface area contributed by atoms with E-state index in [4.69, 9.17) is 13.9 Å². The molecular formula is C20H32O4Si. The van der Waals surface area contributed by atoms with Crippen molar-refractivity contribution in [2.75, 3.05) is 0 Å². The number of carbonyl (C=O) groups is 1. The van der Waals surface area contributed by atoms with Gasteiger partial charge in [0.1, 0.15) is 11.7 Å². The number of epoxide rings is 2. The van der Waals surface area contributed by atoms with E-state index in [0.29, 0.717) is 30.3 Å². The molecule has 0 N–H and O–H groups in total. The molecule has 2 aliphatic heterocycles. The van der Waals surface area contributed by atoms with E-state index in [1.807, 2.05) is 0 Å². The molecule has 2 spiro atoms. The molecule has 0 aromatic carbocycles. The van der Waals surface area contributed by atoms with Gasteiger partial charge in [-0.3, -0.25) is 4.79 Å². The second kappa shape index (κ2) is 4.78. The maximum absolute atomic E-state index is 12.4. The lowest BCUT2D eigenvalue weighted by atomic mass is 9.54. The summed E-state index contributed by atoms with van der Waals surface area (Å²) < 4.78 is 19.4. The minimum Gasteiger partial charge on any atom is -0.413 e. The summed E-state index contributed by atoms with van der Waals surface area (Å²) >= 11 is 0. The smallest absolute Gasteiger partial charge is 0.192 e. The van der Waals surface area contributed by atoms with E-state index in [9.17, 15) is 4.79 Å². The number of ether oxygens (including phenoxy) is 2. The molecule has 0 unspecified atom stereocenters. The van der Waals surface area contributed by atoms with Gasteiger partial charge >= 0.3 is 0 Å². The van der Waals surface area contributed by atoms with Gasteiger partial charge < -0.3 is 13.9 Å². The Morgan fingerprint density at radius 1 is 1.20 bits per heavy atom. The van der Waals surface area contributed by atoms with Crippen LogP contribution in [0, 0.1) is 11.3 Å². The molecule has 140 valence electrons. The van der Waals surface area contributed by atoms with Gasteiger partial charge in [-0.2, -0.15) is 0 Å². The van der Waals surface area contributed by atoms with Crippen LogP contribution in [0.15, 0.2) is 0 Å². The van der Waals surface area contributed by atoms with E-state index >= 15 is 0 Å². The third-order valence-electron chi connectivity index (χ3n) is 8.52. The molecule has 5 aliphatic rings. The molecule has 0 amide bonds. The summed E-state index contributed by atoms with van der Waals surface area (Å²) in [5, 5.41) is 0.200. The van der Waals surface area contributed by atoms with Gasteiger partial charge in [0.2, 0.25) is 0 Å². The Morgan fingerprint density at radius 2 is 1.96 bits per heavy atom. The van der Waals surface area contributed by atoms with Crippen molar-refractivity contribution in [3.05, 3.63) is 0 Å². The summed E-state index contributed by atoms with van der Waals surface area (Å²) in [6.07, 6.45) is 6.85. The molecule has 0 aromatic rings. The lowest BCUT2D eigenvalue weighted by Crippen LogP contribution is -2.62. The standard InChI is InChI=1S/C20H32O4Si/c1-18(2,3)25(4,5)24-16-12-6-9-20-17(23-20)13(21)7-8-19(16,20)11-15-14(10-12)22-15/h12,14-17H,6-11H2,1-5H3/t12-,14-,15+,16+,17+,19+,20+/m0/s1. The van der Waals surface area contributed by atoms with Crippen molar-refractivity contribution in [2.24, 2.45) is 11.3 Å². The van der Waals surface area contributed by atoms with E-state index < -0.39 is 8.32 Å². The molecular weight excluding hydrogens is 332 g/mol. The quantitative estimate of drug-likeness (QED) is 0.552. The number of Topliss-reactive ketones (excluding diaryl/α,β-unsaturated/α-hetero) is 1. The summed E-state index contributed by atoms with van der Waals surface area (Å²) in [7, 11) is -1.88. The Labute approximate surface area is 152 Å². The monoisotopic (exact) mass is 364 g/mol. The lowest BCUT2D eigenvalue weighted by molar-refractivity contribution is -0.132. The van der Waals surface area contributed by atoms with Gasteiger partial charge in [0.15, 0.2) is 14.1 Å². The molecule has 7 atom stereocenters. The van der Waals surface area contributed by atoms with Crippen molar-refractivity contribution in [3.8, 4) is 0 Å². The molecule has 5 fully saturated rings. The fourth-order valence-corrected chi connectivity index (χ4v) is 7.36. The molecule has 5 rings (SSSR count). The van der Waals surface area contributed by atoms with Crippen LogP contribution in [0.1, 0.15) is 59.3 Å². The molecule has 3 saturated carbocycles. The minimum absolute atomic E-state index is 0.0000694. The van der Waals surface area contributed by atoms with Crippen LogP contribution in [-0.2, 0) is 18.7 Å². The summed E-state index contributed by atoms with van der Waals surface area (Å²) in [6, 6.07) is 0. The SMILES string of the molecule is CC(C)(C)[Si](C)(C)O[C@@H]1[C@H]2CC[C@@]34O[C@@H]3C(=O)CC[C@@]14C[C@H]1O[C@H]1C2. The van der Waals surface area contributed by atoms with Crippen LogP contribution in [0.5, 0.6) is 0 Å². The van der Waals surface area contributed by atoms with Gasteiger partial charge in [-0.15, -0.1) is 0 Å². The van der Waals surface area contributed by atoms with Gasteiger partial charge in [-0.1, -0.05) is 20.8 Å². The number of carbonyl (C=O) groups excluding carboxylic acids is 1. The first-order chi connectivity index (χ1) is 11.6. The van der Waals surface area contributed by atoms with Crippen molar-refractivity contribution in [2.45, 2.75) is 107 Å². The van der Waals surface area contributed by atoms with Crippen molar-refractivity contribution >= 4 is 14.1 Å². The largest absolute Gasteiger partial charge is 0.413 e. The van der Waals surface area contributed by atoms with Crippen LogP contribution < -0.4 is 0 Å². The summed E-state index contributed by atoms with van der Waals surface area (Å²) in [5.41, 5.74) is -0.230. The highest BCUT2D eigenvalue weighted by Crippen LogP contribution is 2.70. The third-order valence-corrected chi connectivity index (χ3v) is 13.0. The molecule has 2 bridgehead atoms. The molecule has 5 heteroatoms. The minimum atomic E-state index is -1.88. The Kier molecular flexibility index (Phi) is 3.23. The van der Waals surface area contributed by atoms with Crippen molar-refractivity contribution in [3.63, 3.8) is 0 Å². The average Bonchev–Trinajstić information content (AvgIpc) is 3.38. The predicted molar refractivity (Wildman–Crippen MR) is 97.0 cm³/mol. The zero-order chi connectivity index (χ0) is 17.8. The average molecular weight is 365 g/mol. The van der Waals surface area contributed by atoms with E-state index in [2.05, 4.69) is 33.9 Å². The first-order valence-corrected chi connectivity index (χ1v) is 13.0. The molecule has 0 aromatic heterocycles. The topological polar surface area (TPSA) is 51.4 Å². The molecule has 25 heavy (non-hydrogen) atoms. The summed E-state index contributed by atoms with van der Waals surface area (Å²) in [4.78, 5) is 12.4. The first-order valence-electron chi connectivity index (χ1n) is 10.1. The molecule has 0 radical (unpaired) electrons. The van der Waals surface area contributed by atoms with Crippen molar-refractivity contribution in [1.82, 2.24) is 0 Å². The van der Waals surface area contributed by atoms with Gasteiger partial charge in [-0.25, -0.2) is 0 Å². The maximum atomic E-state index is 12.4. The molecule has 4 nitrogen and oxygen atoms in total. The van der Waals surface area contributed by atoms with Crippen LogP contribution >= 0.6 is 0 Å². The van der Waals surface area contributed by atoms with E-state index in [1.165, 1.54) is 0 Å². The fourth-order valence-electron chi connectivity index (χ4n) is 5.95. The fraction of sp³-hybridized carbons (Fsp3) is 0.950. The van der Waals surface area contributed by atoms with E-state index in [1.54, 1.807) is 0 Å². The highest BCUT2D eigenvalue weighted by atomic mass is 28.4. The Morgan fingerprint density at radius 3 is 2.68 bits per heavy atom. The van der Waals surface area contributed by atoms with Gasteiger partial charge in [-0.05, 0) is 56.2 Å². The second-order valence-corrected chi connectivity index (χ2v) is 15.5. The van der Waals surface area contributed by atoms with Crippen LogP contribution in [-0.4, -0.2) is 44.1 Å². The highest BCUT2D eigenvalue weighted by molar-refractivity contribution is 6.74. The van der Waals surface area contributed by atoms with Gasteiger partial charge in [0.25, 0.3) is 0 Å². The normalized spacial score (nSPS) is 51.1. The number of fused-ring (bicyclic) bond motifs is 2. The van der Waals surface area contributed by atoms with Crippen LogP contribution in [0.4, 0.5) is 0 Å². The van der Waals surface area contributed by atoms with Crippen molar-refractivity contribution in [1.29, 1.82) is 0 Å². The van der Waals surface area contributed by atoms with Crippen molar-refractivity contribution < 1.29 is 18.7 Å². The second-order valence-electron chi connectivity index (χ2n) is 10.8. The number of hydrogen-bond donors (Lipinski definition) is 0. The van der Waals surface area contributed by atoms with Crippen LogP contribution in [0.2, 0.25) is 18.1 Å².